The van der Waals surface area contributed by atoms with Crippen molar-refractivity contribution in [1.29, 1.82) is 0 Å². The van der Waals surface area contributed by atoms with Crippen molar-refractivity contribution in [2.75, 3.05) is 26.7 Å². The molecule has 0 aliphatic carbocycles. The summed E-state index contributed by atoms with van der Waals surface area (Å²) in [5, 5.41) is 0.282. The van der Waals surface area contributed by atoms with Gasteiger partial charge >= 0.3 is 0 Å². The Morgan fingerprint density at radius 3 is 2.56 bits per heavy atom. The Morgan fingerprint density at radius 1 is 1.28 bits per heavy atom. The van der Waals surface area contributed by atoms with Gasteiger partial charge < -0.3 is 4.90 Å². The first-order chi connectivity index (χ1) is 8.43. The van der Waals surface area contributed by atoms with Gasteiger partial charge in [-0.15, -0.1) is 0 Å². The van der Waals surface area contributed by atoms with Gasteiger partial charge in [0.25, 0.3) is 0 Å². The van der Waals surface area contributed by atoms with Gasteiger partial charge in [-0.3, -0.25) is 0 Å². The molecule has 0 bridgehead atoms. The van der Waals surface area contributed by atoms with E-state index in [1.165, 1.54) is 4.31 Å². The highest BCUT2D eigenvalue weighted by Gasteiger charge is 2.31. The Bertz CT molecular complexity index is 533. The first-order valence-electron chi connectivity index (χ1n) is 5.88. The van der Waals surface area contributed by atoms with Gasteiger partial charge in [0.05, 0.1) is 5.02 Å². The summed E-state index contributed by atoms with van der Waals surface area (Å²) in [5.41, 5.74) is 0. The Labute approximate surface area is 113 Å². The predicted molar refractivity (Wildman–Crippen MR) is 72.3 cm³/mol. The number of likely N-dealkylation sites (N-methyl/N-ethyl adjacent to an activating group) is 1. The number of hydrogen-bond acceptors (Lipinski definition) is 3. The number of halogens is 1. The van der Waals surface area contributed by atoms with E-state index in [0.29, 0.717) is 13.1 Å². The highest BCUT2D eigenvalue weighted by atomic mass is 35.5. The molecule has 2 rings (SSSR count). The Balaban J connectivity index is 2.30. The van der Waals surface area contributed by atoms with Crippen LogP contribution in [-0.2, 0) is 10.0 Å². The predicted octanol–water partition coefficient (Wildman–Crippen LogP) is 1.66. The van der Waals surface area contributed by atoms with Crippen molar-refractivity contribution in [1.82, 2.24) is 9.21 Å². The van der Waals surface area contributed by atoms with E-state index in [2.05, 4.69) is 4.90 Å². The van der Waals surface area contributed by atoms with Crippen LogP contribution in [0.3, 0.4) is 0 Å². The summed E-state index contributed by atoms with van der Waals surface area (Å²) in [5.74, 6) is 0. The third kappa shape index (κ3) is 2.54. The molecule has 1 atom stereocenters. The van der Waals surface area contributed by atoms with E-state index in [1.54, 1.807) is 24.3 Å². The van der Waals surface area contributed by atoms with Gasteiger partial charge in [0.15, 0.2) is 0 Å². The summed E-state index contributed by atoms with van der Waals surface area (Å²) >= 11 is 5.98. The van der Waals surface area contributed by atoms with E-state index in [0.717, 1.165) is 6.54 Å². The molecule has 1 heterocycles. The second-order valence-corrected chi connectivity index (χ2v) is 6.94. The molecule has 0 saturated carbocycles. The number of rotatable bonds is 2. The molecule has 18 heavy (non-hydrogen) atoms. The minimum Gasteiger partial charge on any atom is -0.301 e. The summed E-state index contributed by atoms with van der Waals surface area (Å²) in [4.78, 5) is 2.35. The number of nitrogens with zero attached hydrogens (tertiary/aromatic N) is 2. The molecule has 1 aromatic carbocycles. The van der Waals surface area contributed by atoms with Crippen molar-refractivity contribution in [3.8, 4) is 0 Å². The zero-order chi connectivity index (χ0) is 13.3. The Kier molecular flexibility index (Phi) is 3.96. The molecule has 6 heteroatoms. The fourth-order valence-electron chi connectivity index (χ4n) is 2.03. The molecule has 1 unspecified atom stereocenters. The zero-order valence-electron chi connectivity index (χ0n) is 10.5. The molecule has 0 aromatic heterocycles. The normalized spacial score (nSPS) is 23.2. The lowest BCUT2D eigenvalue weighted by molar-refractivity contribution is 0.159. The van der Waals surface area contributed by atoms with Gasteiger partial charge in [0, 0.05) is 25.7 Å². The minimum atomic E-state index is -3.47. The highest BCUT2D eigenvalue weighted by Crippen LogP contribution is 2.25. The smallest absolute Gasteiger partial charge is 0.244 e. The van der Waals surface area contributed by atoms with Crippen LogP contribution in [0.1, 0.15) is 6.92 Å². The van der Waals surface area contributed by atoms with E-state index >= 15 is 0 Å². The topological polar surface area (TPSA) is 40.6 Å². The lowest BCUT2D eigenvalue weighted by atomic mass is 10.2. The van der Waals surface area contributed by atoms with E-state index in [9.17, 15) is 8.42 Å². The van der Waals surface area contributed by atoms with Gasteiger partial charge in [0.2, 0.25) is 10.0 Å². The lowest BCUT2D eigenvalue weighted by Crippen LogP contribution is -2.51. The van der Waals surface area contributed by atoms with Crippen LogP contribution in [0.15, 0.2) is 29.2 Å². The molecule has 1 aliphatic rings. The van der Waals surface area contributed by atoms with Crippen molar-refractivity contribution >= 4 is 21.6 Å². The minimum absolute atomic E-state index is 0.198. The molecule has 4 nitrogen and oxygen atoms in total. The summed E-state index contributed by atoms with van der Waals surface area (Å²) < 4.78 is 26.5. The zero-order valence-corrected chi connectivity index (χ0v) is 12.1. The fraction of sp³-hybridized carbons (Fsp3) is 0.500. The molecule has 1 saturated heterocycles. The number of hydrogen-bond donors (Lipinski definition) is 0. The van der Waals surface area contributed by atoms with Crippen LogP contribution in [0.2, 0.25) is 5.02 Å². The van der Waals surface area contributed by atoms with Gasteiger partial charge in [-0.25, -0.2) is 8.42 Å². The molecule has 0 N–H and O–H groups in total. The third-order valence-corrected chi connectivity index (χ3v) is 5.74. The molecule has 1 aromatic rings. The van der Waals surface area contributed by atoms with Crippen molar-refractivity contribution in [3.05, 3.63) is 29.3 Å². The maximum atomic E-state index is 12.5. The molecular weight excluding hydrogens is 272 g/mol. The lowest BCUT2D eigenvalue weighted by Gasteiger charge is -2.36. The Morgan fingerprint density at radius 2 is 1.94 bits per heavy atom. The summed E-state index contributed by atoms with van der Waals surface area (Å²) in [7, 11) is -1.47. The second-order valence-electron chi connectivity index (χ2n) is 4.62. The molecule has 0 radical (unpaired) electrons. The van der Waals surface area contributed by atoms with Crippen molar-refractivity contribution < 1.29 is 8.42 Å². The third-order valence-electron chi connectivity index (χ3n) is 3.38. The second kappa shape index (κ2) is 5.17. The van der Waals surface area contributed by atoms with Crippen LogP contribution in [-0.4, -0.2) is 50.3 Å². The van der Waals surface area contributed by atoms with Crippen molar-refractivity contribution in [3.63, 3.8) is 0 Å². The standard InChI is InChI=1S/C12H17ClN2O2S/c1-10-9-15(8-7-14(10)2)18(16,17)12-6-4-3-5-11(12)13/h3-6,10H,7-9H2,1-2H3. The van der Waals surface area contributed by atoms with Crippen molar-refractivity contribution in [2.24, 2.45) is 0 Å². The van der Waals surface area contributed by atoms with Gasteiger partial charge in [0.1, 0.15) is 4.90 Å². The van der Waals surface area contributed by atoms with Crippen molar-refractivity contribution in [2.45, 2.75) is 17.9 Å². The number of benzene rings is 1. The Hall–Kier alpha value is -0.620. The number of piperazine rings is 1. The average molecular weight is 289 g/mol. The quantitative estimate of drug-likeness (QED) is 0.831. The summed E-state index contributed by atoms with van der Waals surface area (Å²) in [6.07, 6.45) is 0. The monoisotopic (exact) mass is 288 g/mol. The van der Waals surface area contributed by atoms with Crippen LogP contribution >= 0.6 is 11.6 Å². The largest absolute Gasteiger partial charge is 0.301 e. The average Bonchev–Trinajstić information content (AvgIpc) is 2.33. The highest BCUT2D eigenvalue weighted by molar-refractivity contribution is 7.89. The van der Waals surface area contributed by atoms with Crippen LogP contribution in [0.4, 0.5) is 0 Å². The van der Waals surface area contributed by atoms with Gasteiger partial charge in [-0.1, -0.05) is 23.7 Å². The van der Waals surface area contributed by atoms with Crippen LogP contribution in [0, 0.1) is 0 Å². The maximum absolute atomic E-state index is 12.5. The van der Waals surface area contributed by atoms with Crippen LogP contribution in [0.5, 0.6) is 0 Å². The molecule has 0 amide bonds. The SMILES string of the molecule is CC1CN(S(=O)(=O)c2ccccc2Cl)CCN1C. The van der Waals surface area contributed by atoms with E-state index in [4.69, 9.17) is 11.6 Å². The van der Waals surface area contributed by atoms with E-state index in [-0.39, 0.29) is 16.0 Å². The van der Waals surface area contributed by atoms with E-state index in [1.807, 2.05) is 14.0 Å². The molecular formula is C12H17ClN2O2S. The maximum Gasteiger partial charge on any atom is 0.244 e. The van der Waals surface area contributed by atoms with Crippen LogP contribution in [0.25, 0.3) is 0 Å². The van der Waals surface area contributed by atoms with Gasteiger partial charge in [-0.2, -0.15) is 4.31 Å². The molecule has 1 aliphatic heterocycles. The summed E-state index contributed by atoms with van der Waals surface area (Å²) in [6.45, 7) is 3.78. The van der Waals surface area contributed by atoms with Gasteiger partial charge in [-0.05, 0) is 26.1 Å². The van der Waals surface area contributed by atoms with Crippen LogP contribution < -0.4 is 0 Å². The van der Waals surface area contributed by atoms with E-state index < -0.39 is 10.0 Å². The molecule has 1 fully saturated rings. The fourth-order valence-corrected chi connectivity index (χ4v) is 4.03. The first kappa shape index (κ1) is 13.8. The first-order valence-corrected chi connectivity index (χ1v) is 7.69. The number of sulfonamides is 1. The molecule has 0 spiro atoms. The molecule has 100 valence electrons. The summed E-state index contributed by atoms with van der Waals surface area (Å²) in [6, 6.07) is 6.80.